The minimum Gasteiger partial charge on any atom is -0.459 e. The third-order valence-electron chi connectivity index (χ3n) is 4.59. The normalized spacial score (nSPS) is 13.2. The molecular weight excluding hydrogens is 370 g/mol. The first-order valence-corrected chi connectivity index (χ1v) is 10.5. The number of nitrogens with one attached hydrogen (secondary N) is 1. The highest BCUT2D eigenvalue weighted by Gasteiger charge is 2.21. The lowest BCUT2D eigenvalue weighted by atomic mass is 10.0. The van der Waals surface area contributed by atoms with Crippen molar-refractivity contribution in [3.05, 3.63) is 102 Å². The predicted octanol–water partition coefficient (Wildman–Crippen LogP) is 4.69. The van der Waals surface area contributed by atoms with Crippen LogP contribution in [0.3, 0.4) is 0 Å². The summed E-state index contributed by atoms with van der Waals surface area (Å²) in [6.07, 6.45) is 1.61. The van der Waals surface area contributed by atoms with Gasteiger partial charge in [0, 0.05) is 32.9 Å². The molecular formula is C23H19NO3S. The van der Waals surface area contributed by atoms with Gasteiger partial charge in [0.1, 0.15) is 17.4 Å². The van der Waals surface area contributed by atoms with Gasteiger partial charge in [-0.25, -0.2) is 0 Å². The molecule has 5 heteroatoms. The third kappa shape index (κ3) is 3.75. The molecule has 0 aliphatic carbocycles. The summed E-state index contributed by atoms with van der Waals surface area (Å²) in [5, 5.41) is 4.06. The number of hydrogen-bond acceptors (Lipinski definition) is 3. The molecule has 4 aromatic rings. The summed E-state index contributed by atoms with van der Waals surface area (Å²) < 4.78 is 17.6. The minimum atomic E-state index is -1.08. The van der Waals surface area contributed by atoms with E-state index in [2.05, 4.69) is 5.32 Å². The summed E-state index contributed by atoms with van der Waals surface area (Å²) >= 11 is 0. The van der Waals surface area contributed by atoms with Crippen molar-refractivity contribution in [3.8, 4) is 0 Å². The molecule has 0 bridgehead atoms. The Bertz CT molecular complexity index is 1100. The number of fused-ring (bicyclic) bond motifs is 1. The molecule has 1 aromatic heterocycles. The zero-order chi connectivity index (χ0) is 19.5. The number of benzene rings is 3. The van der Waals surface area contributed by atoms with Crippen molar-refractivity contribution < 1.29 is 13.4 Å². The zero-order valence-electron chi connectivity index (χ0n) is 15.3. The molecule has 4 nitrogen and oxygen atoms in total. The van der Waals surface area contributed by atoms with Gasteiger partial charge in [-0.05, 0) is 42.0 Å². The Labute approximate surface area is 165 Å². The van der Waals surface area contributed by atoms with Gasteiger partial charge in [-0.3, -0.25) is 9.00 Å². The first-order valence-electron chi connectivity index (χ1n) is 8.89. The van der Waals surface area contributed by atoms with Crippen molar-refractivity contribution in [2.24, 2.45) is 0 Å². The molecule has 4 rings (SSSR count). The fourth-order valence-electron chi connectivity index (χ4n) is 3.12. The van der Waals surface area contributed by atoms with Crippen LogP contribution in [0.4, 0.5) is 0 Å². The fourth-order valence-corrected chi connectivity index (χ4v) is 3.64. The Kier molecular flexibility index (Phi) is 5.08. The standard InChI is InChI=1S/C23H19NO3S/c1-28(26)19-13-11-17(12-14-19)23(25)24-22(16-7-3-2-4-8-16)21-15-18-9-5-6-10-20(18)27-21/h2-15,22H,1H3,(H,24,25)/t22-,28-/m0/s1. The summed E-state index contributed by atoms with van der Waals surface area (Å²) in [5.74, 6) is 0.453. The highest BCUT2D eigenvalue weighted by atomic mass is 32.2. The predicted molar refractivity (Wildman–Crippen MR) is 111 cm³/mol. The Hall–Kier alpha value is -3.18. The first-order chi connectivity index (χ1) is 13.6. The number of carbonyl (C=O) groups is 1. The molecule has 1 heterocycles. The van der Waals surface area contributed by atoms with Gasteiger partial charge >= 0.3 is 0 Å². The first kappa shape index (κ1) is 18.2. The van der Waals surface area contributed by atoms with Crippen LogP contribution in [0.15, 0.2) is 94.2 Å². The van der Waals surface area contributed by atoms with Crippen LogP contribution in [-0.4, -0.2) is 16.4 Å². The van der Waals surface area contributed by atoms with Crippen LogP contribution in [0.5, 0.6) is 0 Å². The molecule has 1 amide bonds. The van der Waals surface area contributed by atoms with E-state index in [1.807, 2.05) is 60.7 Å². The maximum atomic E-state index is 12.9. The van der Waals surface area contributed by atoms with Crippen LogP contribution in [0.1, 0.15) is 27.7 Å². The van der Waals surface area contributed by atoms with Crippen LogP contribution < -0.4 is 5.32 Å². The Morgan fingerprint density at radius 3 is 2.29 bits per heavy atom. The summed E-state index contributed by atoms with van der Waals surface area (Å²) in [6.45, 7) is 0. The van der Waals surface area contributed by atoms with E-state index in [1.165, 1.54) is 0 Å². The molecule has 0 saturated carbocycles. The van der Waals surface area contributed by atoms with Gasteiger partial charge in [0.25, 0.3) is 5.91 Å². The Morgan fingerprint density at radius 2 is 1.61 bits per heavy atom. The van der Waals surface area contributed by atoms with E-state index < -0.39 is 16.8 Å². The smallest absolute Gasteiger partial charge is 0.252 e. The molecule has 3 aromatic carbocycles. The van der Waals surface area contributed by atoms with E-state index in [4.69, 9.17) is 4.42 Å². The summed E-state index contributed by atoms with van der Waals surface area (Å²) in [7, 11) is -1.08. The highest BCUT2D eigenvalue weighted by molar-refractivity contribution is 7.84. The summed E-state index contributed by atoms with van der Waals surface area (Å²) in [4.78, 5) is 13.6. The van der Waals surface area contributed by atoms with Crippen LogP contribution in [0.25, 0.3) is 11.0 Å². The van der Waals surface area contributed by atoms with Crippen LogP contribution in [-0.2, 0) is 10.8 Å². The number of rotatable bonds is 5. The molecule has 28 heavy (non-hydrogen) atoms. The second kappa shape index (κ2) is 7.82. The molecule has 1 N–H and O–H groups in total. The topological polar surface area (TPSA) is 59.3 Å². The fraction of sp³-hybridized carbons (Fsp3) is 0.0870. The van der Waals surface area contributed by atoms with Crippen LogP contribution >= 0.6 is 0 Å². The number of hydrogen-bond donors (Lipinski definition) is 1. The van der Waals surface area contributed by atoms with E-state index in [1.54, 1.807) is 30.5 Å². The lowest BCUT2D eigenvalue weighted by Crippen LogP contribution is -2.29. The summed E-state index contributed by atoms with van der Waals surface area (Å²) in [5.41, 5.74) is 2.22. The summed E-state index contributed by atoms with van der Waals surface area (Å²) in [6, 6.07) is 25.8. The van der Waals surface area contributed by atoms with E-state index in [9.17, 15) is 9.00 Å². The Morgan fingerprint density at radius 1 is 0.929 bits per heavy atom. The monoisotopic (exact) mass is 389 g/mol. The molecule has 0 fully saturated rings. The molecule has 2 atom stereocenters. The molecule has 0 aliphatic heterocycles. The quantitative estimate of drug-likeness (QED) is 0.539. The number of carbonyl (C=O) groups excluding carboxylic acids is 1. The average molecular weight is 389 g/mol. The van der Waals surface area contributed by atoms with Gasteiger partial charge in [-0.15, -0.1) is 0 Å². The molecule has 0 aliphatic rings. The van der Waals surface area contributed by atoms with Gasteiger partial charge in [0.15, 0.2) is 0 Å². The third-order valence-corrected chi connectivity index (χ3v) is 5.52. The van der Waals surface area contributed by atoms with Gasteiger partial charge in [0.05, 0.1) is 0 Å². The SMILES string of the molecule is C[S@](=O)c1ccc(C(=O)N[C@@H](c2ccccc2)c2cc3ccccc3o2)cc1. The van der Waals surface area contributed by atoms with Crippen molar-refractivity contribution in [1.29, 1.82) is 0 Å². The maximum absolute atomic E-state index is 12.9. The molecule has 140 valence electrons. The minimum absolute atomic E-state index is 0.220. The molecule has 0 unspecified atom stereocenters. The van der Waals surface area contributed by atoms with E-state index in [0.717, 1.165) is 16.5 Å². The van der Waals surface area contributed by atoms with E-state index in [-0.39, 0.29) is 5.91 Å². The van der Waals surface area contributed by atoms with Crippen LogP contribution in [0, 0.1) is 0 Å². The average Bonchev–Trinajstić information content (AvgIpc) is 3.16. The number of amides is 1. The maximum Gasteiger partial charge on any atom is 0.252 e. The van der Waals surface area contributed by atoms with Crippen LogP contribution in [0.2, 0.25) is 0 Å². The van der Waals surface area contributed by atoms with Gasteiger partial charge in [-0.2, -0.15) is 0 Å². The van der Waals surface area contributed by atoms with Crippen molar-refractivity contribution in [3.63, 3.8) is 0 Å². The van der Waals surface area contributed by atoms with Gasteiger partial charge < -0.3 is 9.73 Å². The van der Waals surface area contributed by atoms with Gasteiger partial charge in [-0.1, -0.05) is 48.5 Å². The lowest BCUT2D eigenvalue weighted by Gasteiger charge is -2.17. The van der Waals surface area contributed by atoms with Crippen molar-refractivity contribution in [2.75, 3.05) is 6.26 Å². The largest absolute Gasteiger partial charge is 0.459 e. The Balaban J connectivity index is 1.67. The second-order valence-electron chi connectivity index (χ2n) is 6.48. The van der Waals surface area contributed by atoms with E-state index >= 15 is 0 Å². The zero-order valence-corrected chi connectivity index (χ0v) is 16.1. The van der Waals surface area contributed by atoms with Crippen molar-refractivity contribution in [2.45, 2.75) is 10.9 Å². The van der Waals surface area contributed by atoms with E-state index in [0.29, 0.717) is 16.2 Å². The molecule has 0 saturated heterocycles. The van der Waals surface area contributed by atoms with Crippen molar-refractivity contribution >= 4 is 27.7 Å². The number of furan rings is 1. The second-order valence-corrected chi connectivity index (χ2v) is 7.86. The highest BCUT2D eigenvalue weighted by Crippen LogP contribution is 2.28. The number of para-hydroxylation sites is 1. The lowest BCUT2D eigenvalue weighted by molar-refractivity contribution is 0.0939. The van der Waals surface area contributed by atoms with Gasteiger partial charge in [0.2, 0.25) is 0 Å². The molecule has 0 radical (unpaired) electrons. The van der Waals surface area contributed by atoms with Crippen molar-refractivity contribution in [1.82, 2.24) is 5.32 Å². The molecule has 0 spiro atoms.